The molecule has 4 heteroatoms. The number of rotatable bonds is 2. The zero-order chi connectivity index (χ0) is 14.8. The van der Waals surface area contributed by atoms with Crippen molar-refractivity contribution in [1.82, 2.24) is 15.0 Å². The molecule has 104 valence electrons. The van der Waals surface area contributed by atoms with Crippen molar-refractivity contribution in [2.75, 3.05) is 0 Å². The fraction of sp³-hybridized carbons (Fsp3) is 0.118. The van der Waals surface area contributed by atoms with Gasteiger partial charge in [0, 0.05) is 22.0 Å². The fourth-order valence-electron chi connectivity index (χ4n) is 2.16. The zero-order valence-corrected chi connectivity index (χ0v) is 12.6. The van der Waals surface area contributed by atoms with Gasteiger partial charge in [-0.2, -0.15) is 0 Å². The Morgan fingerprint density at radius 2 is 1.57 bits per heavy atom. The third-order valence-corrected chi connectivity index (χ3v) is 3.45. The Labute approximate surface area is 128 Å². The van der Waals surface area contributed by atoms with Crippen LogP contribution in [0.25, 0.3) is 22.8 Å². The van der Waals surface area contributed by atoms with E-state index in [1.807, 2.05) is 62.4 Å². The number of benzene rings is 1. The maximum absolute atomic E-state index is 6.26. The summed E-state index contributed by atoms with van der Waals surface area (Å²) >= 11 is 6.26. The Morgan fingerprint density at radius 1 is 0.762 bits per heavy atom. The third-order valence-electron chi connectivity index (χ3n) is 3.12. The predicted molar refractivity (Wildman–Crippen MR) is 85.2 cm³/mol. The molecule has 0 aliphatic heterocycles. The Morgan fingerprint density at radius 3 is 2.33 bits per heavy atom. The van der Waals surface area contributed by atoms with Gasteiger partial charge in [-0.15, -0.1) is 0 Å². The average Bonchev–Trinajstić information content (AvgIpc) is 2.47. The molecule has 0 aliphatic rings. The summed E-state index contributed by atoms with van der Waals surface area (Å²) in [6.07, 6.45) is 0. The lowest BCUT2D eigenvalue weighted by molar-refractivity contribution is 1.08. The summed E-state index contributed by atoms with van der Waals surface area (Å²) in [4.78, 5) is 13.6. The summed E-state index contributed by atoms with van der Waals surface area (Å²) in [6.45, 7) is 3.90. The Kier molecular flexibility index (Phi) is 3.67. The summed E-state index contributed by atoms with van der Waals surface area (Å²) in [6, 6.07) is 15.4. The highest BCUT2D eigenvalue weighted by molar-refractivity contribution is 6.33. The molecule has 1 aromatic carbocycles. The van der Waals surface area contributed by atoms with E-state index in [1.165, 1.54) is 0 Å². The van der Waals surface area contributed by atoms with Gasteiger partial charge in [-0.05, 0) is 38.1 Å². The molecule has 0 aliphatic carbocycles. The molecule has 0 saturated carbocycles. The zero-order valence-electron chi connectivity index (χ0n) is 11.8. The van der Waals surface area contributed by atoms with Crippen LogP contribution in [0.1, 0.15) is 11.4 Å². The van der Waals surface area contributed by atoms with Crippen molar-refractivity contribution in [3.05, 3.63) is 64.9 Å². The second kappa shape index (κ2) is 5.62. The minimum atomic E-state index is 0.619. The van der Waals surface area contributed by atoms with Gasteiger partial charge in [0.1, 0.15) is 5.69 Å². The van der Waals surface area contributed by atoms with Crippen LogP contribution in [-0.2, 0) is 0 Å². The van der Waals surface area contributed by atoms with E-state index in [9.17, 15) is 0 Å². The highest BCUT2D eigenvalue weighted by atomic mass is 35.5. The van der Waals surface area contributed by atoms with Crippen LogP contribution < -0.4 is 0 Å². The van der Waals surface area contributed by atoms with E-state index in [0.717, 1.165) is 28.3 Å². The van der Waals surface area contributed by atoms with Gasteiger partial charge in [0.05, 0.1) is 5.69 Å². The molecule has 0 unspecified atom stereocenters. The molecule has 0 spiro atoms. The molecule has 0 atom stereocenters. The molecule has 2 heterocycles. The SMILES string of the molecule is Cc1cccc(-c2nc(C)cc(-c3ccccc3Cl)n2)n1. The van der Waals surface area contributed by atoms with Crippen molar-refractivity contribution >= 4 is 11.6 Å². The van der Waals surface area contributed by atoms with E-state index >= 15 is 0 Å². The van der Waals surface area contributed by atoms with Crippen LogP contribution in [0.15, 0.2) is 48.5 Å². The second-order valence-corrected chi connectivity index (χ2v) is 5.27. The molecule has 0 bridgehead atoms. The maximum atomic E-state index is 6.26. The van der Waals surface area contributed by atoms with Crippen LogP contribution in [0.4, 0.5) is 0 Å². The number of hydrogen-bond acceptors (Lipinski definition) is 3. The predicted octanol–water partition coefficient (Wildman–Crippen LogP) is 4.48. The lowest BCUT2D eigenvalue weighted by Crippen LogP contribution is -1.97. The van der Waals surface area contributed by atoms with E-state index in [0.29, 0.717) is 10.8 Å². The Balaban J connectivity index is 2.15. The van der Waals surface area contributed by atoms with Crippen LogP contribution >= 0.6 is 11.6 Å². The second-order valence-electron chi connectivity index (χ2n) is 4.86. The Bertz CT molecular complexity index is 800. The van der Waals surface area contributed by atoms with Crippen LogP contribution in [-0.4, -0.2) is 15.0 Å². The van der Waals surface area contributed by atoms with Gasteiger partial charge in [-0.1, -0.05) is 35.9 Å². The molecule has 0 fully saturated rings. The lowest BCUT2D eigenvalue weighted by Gasteiger charge is -2.07. The van der Waals surface area contributed by atoms with Crippen LogP contribution in [0.2, 0.25) is 5.02 Å². The van der Waals surface area contributed by atoms with Crippen molar-refractivity contribution in [2.45, 2.75) is 13.8 Å². The topological polar surface area (TPSA) is 38.7 Å². The number of hydrogen-bond donors (Lipinski definition) is 0. The summed E-state index contributed by atoms with van der Waals surface area (Å²) in [7, 11) is 0. The normalized spacial score (nSPS) is 10.6. The van der Waals surface area contributed by atoms with Gasteiger partial charge >= 0.3 is 0 Å². The standard InChI is InChI=1S/C17H14ClN3/c1-11-6-5-9-15(19-11)17-20-12(2)10-16(21-17)13-7-3-4-8-14(13)18/h3-10H,1-2H3. The molecule has 2 aromatic heterocycles. The summed E-state index contributed by atoms with van der Waals surface area (Å²) < 4.78 is 0. The molecule has 3 rings (SSSR count). The molecule has 0 amide bonds. The molecule has 3 aromatic rings. The minimum absolute atomic E-state index is 0.619. The first kappa shape index (κ1) is 13.7. The molecule has 0 radical (unpaired) electrons. The largest absolute Gasteiger partial charge is 0.250 e. The maximum Gasteiger partial charge on any atom is 0.178 e. The first-order valence-corrected chi connectivity index (χ1v) is 7.06. The first-order valence-electron chi connectivity index (χ1n) is 6.68. The first-order chi connectivity index (χ1) is 10.1. The average molecular weight is 296 g/mol. The van der Waals surface area contributed by atoms with Gasteiger partial charge < -0.3 is 0 Å². The molecular weight excluding hydrogens is 282 g/mol. The van der Waals surface area contributed by atoms with E-state index in [1.54, 1.807) is 0 Å². The fourth-order valence-corrected chi connectivity index (χ4v) is 2.39. The molecule has 21 heavy (non-hydrogen) atoms. The van der Waals surface area contributed by atoms with Crippen molar-refractivity contribution in [2.24, 2.45) is 0 Å². The number of pyridine rings is 1. The highest BCUT2D eigenvalue weighted by Gasteiger charge is 2.10. The van der Waals surface area contributed by atoms with E-state index < -0.39 is 0 Å². The van der Waals surface area contributed by atoms with Crippen LogP contribution in [0.3, 0.4) is 0 Å². The highest BCUT2D eigenvalue weighted by Crippen LogP contribution is 2.27. The summed E-state index contributed by atoms with van der Waals surface area (Å²) in [5, 5.41) is 0.679. The van der Waals surface area contributed by atoms with Gasteiger partial charge in [0.15, 0.2) is 5.82 Å². The van der Waals surface area contributed by atoms with Gasteiger partial charge in [0.25, 0.3) is 0 Å². The van der Waals surface area contributed by atoms with Gasteiger partial charge in [0.2, 0.25) is 0 Å². The van der Waals surface area contributed by atoms with Crippen molar-refractivity contribution < 1.29 is 0 Å². The van der Waals surface area contributed by atoms with E-state index in [4.69, 9.17) is 11.6 Å². The quantitative estimate of drug-likeness (QED) is 0.700. The number of aryl methyl sites for hydroxylation is 2. The Hall–Kier alpha value is -2.26. The minimum Gasteiger partial charge on any atom is -0.250 e. The summed E-state index contributed by atoms with van der Waals surface area (Å²) in [5.74, 6) is 0.619. The summed E-state index contributed by atoms with van der Waals surface area (Å²) in [5.41, 5.74) is 4.31. The van der Waals surface area contributed by atoms with Crippen molar-refractivity contribution in [3.63, 3.8) is 0 Å². The smallest absolute Gasteiger partial charge is 0.178 e. The molecular formula is C17H14ClN3. The molecule has 3 nitrogen and oxygen atoms in total. The monoisotopic (exact) mass is 295 g/mol. The number of halogens is 1. The third kappa shape index (κ3) is 2.93. The van der Waals surface area contributed by atoms with Gasteiger partial charge in [-0.25, -0.2) is 15.0 Å². The molecule has 0 N–H and O–H groups in total. The molecule has 0 saturated heterocycles. The number of aromatic nitrogens is 3. The van der Waals surface area contributed by atoms with Crippen molar-refractivity contribution in [3.8, 4) is 22.8 Å². The van der Waals surface area contributed by atoms with Crippen molar-refractivity contribution in [1.29, 1.82) is 0 Å². The lowest BCUT2D eigenvalue weighted by atomic mass is 10.1. The van der Waals surface area contributed by atoms with E-state index in [2.05, 4.69) is 15.0 Å². The van der Waals surface area contributed by atoms with Crippen LogP contribution in [0, 0.1) is 13.8 Å². The van der Waals surface area contributed by atoms with E-state index in [-0.39, 0.29) is 0 Å². The number of nitrogens with zero attached hydrogens (tertiary/aromatic N) is 3. The van der Waals surface area contributed by atoms with Crippen LogP contribution in [0.5, 0.6) is 0 Å². The van der Waals surface area contributed by atoms with Gasteiger partial charge in [-0.3, -0.25) is 0 Å².